The van der Waals surface area contributed by atoms with Crippen LogP contribution in [0.4, 0.5) is 4.79 Å². The van der Waals surface area contributed by atoms with Gasteiger partial charge >= 0.3 is 12.1 Å². The Bertz CT molecular complexity index is 874. The first-order valence-electron chi connectivity index (χ1n) is 10.1. The Kier molecular flexibility index (Phi) is 5.75. The van der Waals surface area contributed by atoms with Crippen molar-refractivity contribution in [1.29, 1.82) is 5.26 Å². The van der Waals surface area contributed by atoms with Gasteiger partial charge in [-0.25, -0.2) is 9.59 Å². The van der Waals surface area contributed by atoms with E-state index >= 15 is 0 Å². The molecule has 1 atom stereocenters. The highest BCUT2D eigenvalue weighted by atomic mass is 16.6. The molecule has 0 bridgehead atoms. The van der Waals surface area contributed by atoms with Crippen molar-refractivity contribution in [3.05, 3.63) is 35.4 Å². The molecule has 1 aromatic carbocycles. The number of nitriles is 1. The molecule has 2 amide bonds. The minimum atomic E-state index is -1.04. The second kappa shape index (κ2) is 7.98. The molecule has 1 N–H and O–H groups in total. The highest BCUT2D eigenvalue weighted by Gasteiger charge is 2.48. The number of likely N-dealkylation sites (tertiary alicyclic amines) is 1. The number of hydrogen-bond donors (Lipinski definition) is 1. The predicted molar refractivity (Wildman–Crippen MR) is 108 cm³/mol. The van der Waals surface area contributed by atoms with E-state index in [0.29, 0.717) is 50.0 Å². The van der Waals surface area contributed by atoms with Crippen molar-refractivity contribution in [2.24, 2.45) is 5.41 Å². The summed E-state index contributed by atoms with van der Waals surface area (Å²) in [6, 6.07) is 7.58. The van der Waals surface area contributed by atoms with Gasteiger partial charge in [0, 0.05) is 44.5 Å². The molecule has 3 rings (SSSR count). The molecule has 1 aromatic rings. The number of amides is 2. The number of hydrogen-bond acceptors (Lipinski definition) is 5. The molecule has 2 aliphatic rings. The maximum atomic E-state index is 12.7. The van der Waals surface area contributed by atoms with Gasteiger partial charge in [-0.1, -0.05) is 20.8 Å². The summed E-state index contributed by atoms with van der Waals surface area (Å²) in [5.41, 5.74) is -0.258. The summed E-state index contributed by atoms with van der Waals surface area (Å²) in [6.45, 7) is 6.59. The van der Waals surface area contributed by atoms with E-state index in [4.69, 9.17) is 10.00 Å². The zero-order chi connectivity index (χ0) is 22.1. The summed E-state index contributed by atoms with van der Waals surface area (Å²) in [7, 11) is 0. The van der Waals surface area contributed by atoms with Crippen LogP contribution in [-0.2, 0) is 9.53 Å². The quantitative estimate of drug-likeness (QED) is 0.816. The molecule has 2 saturated heterocycles. The second-order valence-electron chi connectivity index (χ2n) is 9.08. The Balaban J connectivity index is 1.63. The van der Waals surface area contributed by atoms with Gasteiger partial charge in [-0.05, 0) is 29.7 Å². The summed E-state index contributed by atoms with van der Waals surface area (Å²) < 4.78 is 5.77. The number of piperidine rings is 1. The highest BCUT2D eigenvalue weighted by molar-refractivity contribution is 5.94. The van der Waals surface area contributed by atoms with Gasteiger partial charge in [0.15, 0.2) is 0 Å². The van der Waals surface area contributed by atoms with Crippen LogP contribution in [-0.4, -0.2) is 64.2 Å². The standard InChI is InChI=1S/C22H27N3O5/c1-21(2,3)17(19(27)28)25-13-10-22(30-20(25)29)8-11-24(12-9-22)18(26)16-6-4-15(14-23)5-7-16/h4-7,17H,8-13H2,1-3H3,(H,27,28). The van der Waals surface area contributed by atoms with Gasteiger partial charge in [0.2, 0.25) is 0 Å². The van der Waals surface area contributed by atoms with Crippen molar-refractivity contribution in [2.75, 3.05) is 19.6 Å². The van der Waals surface area contributed by atoms with E-state index in [-0.39, 0.29) is 5.91 Å². The number of benzene rings is 1. The SMILES string of the molecule is CC(C)(C)C(C(=O)O)N1CCC2(CCN(C(=O)c3ccc(C#N)cc3)CC2)OC1=O. The lowest BCUT2D eigenvalue weighted by Crippen LogP contribution is -2.60. The first-order chi connectivity index (χ1) is 14.1. The average Bonchev–Trinajstić information content (AvgIpc) is 2.69. The van der Waals surface area contributed by atoms with Gasteiger partial charge in [0.1, 0.15) is 11.6 Å². The number of nitrogens with zero attached hydrogens (tertiary/aromatic N) is 3. The van der Waals surface area contributed by atoms with E-state index in [1.54, 1.807) is 49.9 Å². The lowest BCUT2D eigenvalue weighted by molar-refractivity contribution is -0.151. The molecule has 30 heavy (non-hydrogen) atoms. The van der Waals surface area contributed by atoms with Crippen molar-refractivity contribution >= 4 is 18.0 Å². The van der Waals surface area contributed by atoms with Crippen LogP contribution in [0.3, 0.4) is 0 Å². The van der Waals surface area contributed by atoms with Crippen LogP contribution in [0.1, 0.15) is 56.0 Å². The van der Waals surface area contributed by atoms with Gasteiger partial charge in [0.05, 0.1) is 11.6 Å². The maximum Gasteiger partial charge on any atom is 0.411 e. The third-order valence-electron chi connectivity index (χ3n) is 5.94. The summed E-state index contributed by atoms with van der Waals surface area (Å²) in [5.74, 6) is -1.16. The fourth-order valence-corrected chi connectivity index (χ4v) is 4.26. The number of ether oxygens (including phenoxy) is 1. The molecule has 160 valence electrons. The van der Waals surface area contributed by atoms with E-state index in [2.05, 4.69) is 0 Å². The van der Waals surface area contributed by atoms with Crippen LogP contribution in [0.5, 0.6) is 0 Å². The van der Waals surface area contributed by atoms with Crippen molar-refractivity contribution in [1.82, 2.24) is 9.80 Å². The van der Waals surface area contributed by atoms with Gasteiger partial charge in [-0.15, -0.1) is 0 Å². The van der Waals surface area contributed by atoms with Crippen molar-refractivity contribution < 1.29 is 24.2 Å². The first kappa shape index (κ1) is 21.6. The van der Waals surface area contributed by atoms with Gasteiger partial charge < -0.3 is 14.7 Å². The lowest BCUT2D eigenvalue weighted by atomic mass is 9.83. The van der Waals surface area contributed by atoms with E-state index in [0.717, 1.165) is 0 Å². The molecule has 8 heteroatoms. The van der Waals surface area contributed by atoms with E-state index < -0.39 is 29.1 Å². The van der Waals surface area contributed by atoms with Crippen LogP contribution in [0.15, 0.2) is 24.3 Å². The number of carboxylic acid groups (broad SMARTS) is 1. The molecular formula is C22H27N3O5. The first-order valence-corrected chi connectivity index (χ1v) is 10.1. The Morgan fingerprint density at radius 1 is 1.13 bits per heavy atom. The van der Waals surface area contributed by atoms with Crippen LogP contribution in [0, 0.1) is 16.7 Å². The summed E-state index contributed by atoms with van der Waals surface area (Å²) in [6.07, 6.45) is 0.969. The van der Waals surface area contributed by atoms with Crippen molar-refractivity contribution in [3.63, 3.8) is 0 Å². The van der Waals surface area contributed by atoms with Crippen LogP contribution < -0.4 is 0 Å². The molecule has 0 saturated carbocycles. The van der Waals surface area contributed by atoms with E-state index in [9.17, 15) is 19.5 Å². The molecular weight excluding hydrogens is 386 g/mol. The maximum absolute atomic E-state index is 12.7. The third-order valence-corrected chi connectivity index (χ3v) is 5.94. The van der Waals surface area contributed by atoms with E-state index in [1.807, 2.05) is 6.07 Å². The minimum Gasteiger partial charge on any atom is -0.480 e. The lowest BCUT2D eigenvalue weighted by Gasteiger charge is -2.48. The Hall–Kier alpha value is -3.08. The van der Waals surface area contributed by atoms with Gasteiger partial charge in [0.25, 0.3) is 5.91 Å². The highest BCUT2D eigenvalue weighted by Crippen LogP contribution is 2.37. The zero-order valence-electron chi connectivity index (χ0n) is 17.6. The number of aliphatic carboxylic acids is 1. The molecule has 2 heterocycles. The van der Waals surface area contributed by atoms with Crippen LogP contribution in [0.25, 0.3) is 0 Å². The minimum absolute atomic E-state index is 0.114. The van der Waals surface area contributed by atoms with Crippen LogP contribution >= 0.6 is 0 Å². The monoisotopic (exact) mass is 413 g/mol. The number of carbonyl (C=O) groups excluding carboxylic acids is 2. The molecule has 0 aromatic heterocycles. The molecule has 2 fully saturated rings. The predicted octanol–water partition coefficient (Wildman–Crippen LogP) is 2.87. The zero-order valence-corrected chi connectivity index (χ0v) is 17.6. The van der Waals surface area contributed by atoms with Crippen molar-refractivity contribution in [3.8, 4) is 6.07 Å². The third kappa shape index (κ3) is 4.25. The molecule has 2 aliphatic heterocycles. The summed E-state index contributed by atoms with van der Waals surface area (Å²) in [4.78, 5) is 40.2. The van der Waals surface area contributed by atoms with E-state index in [1.165, 1.54) is 4.90 Å². The summed E-state index contributed by atoms with van der Waals surface area (Å²) in [5, 5.41) is 18.5. The number of carboxylic acids is 1. The topological polar surface area (TPSA) is 111 Å². The second-order valence-corrected chi connectivity index (χ2v) is 9.08. The molecule has 1 spiro atoms. The van der Waals surface area contributed by atoms with Gasteiger partial charge in [-0.3, -0.25) is 9.69 Å². The Labute approximate surface area is 176 Å². The summed E-state index contributed by atoms with van der Waals surface area (Å²) >= 11 is 0. The average molecular weight is 413 g/mol. The molecule has 1 unspecified atom stereocenters. The van der Waals surface area contributed by atoms with Gasteiger partial charge in [-0.2, -0.15) is 5.26 Å². The molecule has 0 radical (unpaired) electrons. The number of carbonyl (C=O) groups is 3. The fourth-order valence-electron chi connectivity index (χ4n) is 4.26. The largest absolute Gasteiger partial charge is 0.480 e. The fraction of sp³-hybridized carbons (Fsp3) is 0.545. The number of rotatable bonds is 3. The Morgan fingerprint density at radius 3 is 2.17 bits per heavy atom. The normalized spacial score (nSPS) is 19.7. The van der Waals surface area contributed by atoms with Crippen LogP contribution in [0.2, 0.25) is 0 Å². The smallest absolute Gasteiger partial charge is 0.411 e. The Morgan fingerprint density at radius 2 is 1.70 bits per heavy atom. The molecule has 8 nitrogen and oxygen atoms in total. The van der Waals surface area contributed by atoms with Crippen molar-refractivity contribution in [2.45, 2.75) is 51.7 Å². The molecule has 0 aliphatic carbocycles.